The second-order valence-corrected chi connectivity index (χ2v) is 4.05. The van der Waals surface area contributed by atoms with E-state index >= 15 is 0 Å². The van der Waals surface area contributed by atoms with E-state index in [4.69, 9.17) is 16.3 Å². The number of ether oxygens (including phenoxy) is 1. The number of nitrogens with zero attached hydrogens (tertiary/aromatic N) is 2. The number of halogens is 4. The average molecular weight is 271 g/mol. The van der Waals surface area contributed by atoms with Crippen LogP contribution in [-0.4, -0.2) is 22.6 Å². The van der Waals surface area contributed by atoms with E-state index in [9.17, 15) is 13.2 Å². The summed E-state index contributed by atoms with van der Waals surface area (Å²) in [5, 5.41) is 3.93. The molecule has 0 radical (unpaired) electrons. The largest absolute Gasteiger partial charge is 0.408 e. The molecule has 0 saturated carbocycles. The molecule has 3 nitrogen and oxygen atoms in total. The molecule has 0 atom stereocenters. The number of hydrogen-bond acceptors (Lipinski definition) is 2. The Kier molecular flexibility index (Phi) is 5.27. The Morgan fingerprint density at radius 3 is 2.76 bits per heavy atom. The summed E-state index contributed by atoms with van der Waals surface area (Å²) in [6.45, 7) is 1.58. The number of rotatable bonds is 6. The van der Waals surface area contributed by atoms with Gasteiger partial charge in [0.05, 0.1) is 11.6 Å². The molecule has 0 fully saturated rings. The van der Waals surface area contributed by atoms with E-state index in [1.165, 1.54) is 0 Å². The van der Waals surface area contributed by atoms with Gasteiger partial charge in [0.25, 0.3) is 0 Å². The third kappa shape index (κ3) is 5.41. The molecule has 7 heteroatoms. The van der Waals surface area contributed by atoms with Crippen LogP contribution in [0.3, 0.4) is 0 Å². The van der Waals surface area contributed by atoms with Gasteiger partial charge in [0.15, 0.2) is 0 Å². The van der Waals surface area contributed by atoms with Crippen molar-refractivity contribution in [2.24, 2.45) is 0 Å². The van der Waals surface area contributed by atoms with Crippen molar-refractivity contribution < 1.29 is 17.9 Å². The highest BCUT2D eigenvalue weighted by molar-refractivity contribution is 6.31. The highest BCUT2D eigenvalue weighted by Gasteiger charge is 2.28. The van der Waals surface area contributed by atoms with Crippen molar-refractivity contribution in [2.75, 3.05) is 6.61 Å². The smallest absolute Gasteiger partial charge is 0.375 e. The molecule has 0 bridgehead atoms. The van der Waals surface area contributed by atoms with Gasteiger partial charge in [-0.25, -0.2) is 0 Å². The molecule has 1 aromatic heterocycles. The van der Waals surface area contributed by atoms with E-state index in [1.807, 2.05) is 6.92 Å². The topological polar surface area (TPSA) is 27.1 Å². The maximum atomic E-state index is 12.1. The molecule has 0 amide bonds. The summed E-state index contributed by atoms with van der Waals surface area (Å²) < 4.78 is 42.3. The quantitative estimate of drug-likeness (QED) is 0.741. The van der Waals surface area contributed by atoms with Gasteiger partial charge in [0.2, 0.25) is 0 Å². The molecule has 1 aromatic rings. The molecular formula is C10H14ClF3N2O. The van der Waals surface area contributed by atoms with Crippen molar-refractivity contribution in [3.05, 3.63) is 16.9 Å². The highest BCUT2D eigenvalue weighted by Crippen LogP contribution is 2.20. The van der Waals surface area contributed by atoms with Crippen LogP contribution in [0.1, 0.15) is 25.5 Å². The van der Waals surface area contributed by atoms with Crippen molar-refractivity contribution in [1.82, 2.24) is 9.78 Å². The van der Waals surface area contributed by atoms with Gasteiger partial charge in [0.1, 0.15) is 12.2 Å². The lowest BCUT2D eigenvalue weighted by Gasteiger charge is -2.05. The van der Waals surface area contributed by atoms with Crippen molar-refractivity contribution in [3.8, 4) is 0 Å². The van der Waals surface area contributed by atoms with Crippen molar-refractivity contribution >= 4 is 11.6 Å². The highest BCUT2D eigenvalue weighted by atomic mass is 35.5. The predicted octanol–water partition coefficient (Wildman–Crippen LogP) is 3.42. The zero-order valence-corrected chi connectivity index (χ0v) is 10.2. The Bertz CT molecular complexity index is 352. The zero-order valence-electron chi connectivity index (χ0n) is 9.43. The fourth-order valence-electron chi connectivity index (χ4n) is 1.21. The third-order valence-electron chi connectivity index (χ3n) is 2.01. The second-order valence-electron chi connectivity index (χ2n) is 3.64. The molecule has 17 heavy (non-hydrogen) atoms. The Labute approximate surface area is 103 Å². The SMILES string of the molecule is CCCCOCc1nn(CC(F)(F)F)cc1Cl. The molecular weight excluding hydrogens is 257 g/mol. The number of unbranched alkanes of at least 4 members (excludes halogenated alkanes) is 1. The minimum atomic E-state index is -4.30. The molecule has 0 aliphatic rings. The predicted molar refractivity (Wildman–Crippen MR) is 57.9 cm³/mol. The summed E-state index contributed by atoms with van der Waals surface area (Å²) in [5.41, 5.74) is 0.340. The second kappa shape index (κ2) is 6.26. The molecule has 0 aliphatic heterocycles. The number of hydrogen-bond donors (Lipinski definition) is 0. The van der Waals surface area contributed by atoms with E-state index in [0.717, 1.165) is 23.7 Å². The van der Waals surface area contributed by atoms with Gasteiger partial charge in [-0.3, -0.25) is 4.68 Å². The van der Waals surface area contributed by atoms with Crippen LogP contribution in [0.4, 0.5) is 13.2 Å². The first-order valence-corrected chi connectivity index (χ1v) is 5.66. The van der Waals surface area contributed by atoms with E-state index in [-0.39, 0.29) is 11.6 Å². The van der Waals surface area contributed by atoms with Crippen molar-refractivity contribution in [1.29, 1.82) is 0 Å². The molecule has 98 valence electrons. The molecule has 0 aromatic carbocycles. The van der Waals surface area contributed by atoms with Crippen LogP contribution in [0.15, 0.2) is 6.20 Å². The van der Waals surface area contributed by atoms with Crippen LogP contribution in [0.25, 0.3) is 0 Å². The normalized spacial score (nSPS) is 12.1. The van der Waals surface area contributed by atoms with Crippen LogP contribution in [-0.2, 0) is 17.9 Å². The molecule has 0 saturated heterocycles. The minimum Gasteiger partial charge on any atom is -0.375 e. The van der Waals surface area contributed by atoms with E-state index in [1.54, 1.807) is 0 Å². The number of alkyl halides is 3. The maximum Gasteiger partial charge on any atom is 0.408 e. The average Bonchev–Trinajstić information content (AvgIpc) is 2.51. The van der Waals surface area contributed by atoms with Gasteiger partial charge in [-0.05, 0) is 6.42 Å². The lowest BCUT2D eigenvalue weighted by molar-refractivity contribution is -0.142. The summed E-state index contributed by atoms with van der Waals surface area (Å²) in [7, 11) is 0. The summed E-state index contributed by atoms with van der Waals surface area (Å²) in [5.74, 6) is 0. The van der Waals surface area contributed by atoms with Crippen LogP contribution in [0.2, 0.25) is 5.02 Å². The third-order valence-corrected chi connectivity index (χ3v) is 2.33. The monoisotopic (exact) mass is 270 g/mol. The van der Waals surface area contributed by atoms with E-state index in [0.29, 0.717) is 12.3 Å². The first-order chi connectivity index (χ1) is 7.92. The van der Waals surface area contributed by atoms with Gasteiger partial charge in [0, 0.05) is 12.8 Å². The first-order valence-electron chi connectivity index (χ1n) is 5.28. The number of aromatic nitrogens is 2. The summed E-state index contributed by atoms with van der Waals surface area (Å²) in [6.07, 6.45) is -1.24. The molecule has 0 aliphatic carbocycles. The maximum absolute atomic E-state index is 12.1. The molecule has 0 spiro atoms. The fraction of sp³-hybridized carbons (Fsp3) is 0.700. The lowest BCUT2D eigenvalue weighted by atomic mass is 10.4. The Morgan fingerprint density at radius 2 is 2.18 bits per heavy atom. The summed E-state index contributed by atoms with van der Waals surface area (Å²) in [6, 6.07) is 0. The first kappa shape index (κ1) is 14.3. The Morgan fingerprint density at radius 1 is 1.47 bits per heavy atom. The standard InChI is InChI=1S/C10H14ClF3N2O/c1-2-3-4-17-6-9-8(11)5-16(15-9)7-10(12,13)14/h5H,2-4,6-7H2,1H3. The van der Waals surface area contributed by atoms with E-state index < -0.39 is 12.7 Å². The van der Waals surface area contributed by atoms with Gasteiger partial charge in [-0.1, -0.05) is 24.9 Å². The van der Waals surface area contributed by atoms with Gasteiger partial charge < -0.3 is 4.74 Å². The van der Waals surface area contributed by atoms with Gasteiger partial charge in [-0.15, -0.1) is 0 Å². The molecule has 1 rings (SSSR count). The fourth-order valence-corrected chi connectivity index (χ4v) is 1.42. The van der Waals surface area contributed by atoms with Crippen molar-refractivity contribution in [2.45, 2.75) is 39.1 Å². The Balaban J connectivity index is 2.50. The zero-order chi connectivity index (χ0) is 12.9. The molecule has 1 heterocycles. The van der Waals surface area contributed by atoms with Crippen molar-refractivity contribution in [3.63, 3.8) is 0 Å². The molecule has 0 N–H and O–H groups in total. The lowest BCUT2D eigenvalue weighted by Crippen LogP contribution is -2.18. The van der Waals surface area contributed by atoms with Gasteiger partial charge >= 0.3 is 6.18 Å². The van der Waals surface area contributed by atoms with Gasteiger partial charge in [-0.2, -0.15) is 18.3 Å². The summed E-state index contributed by atoms with van der Waals surface area (Å²) in [4.78, 5) is 0. The van der Waals surface area contributed by atoms with Crippen LogP contribution < -0.4 is 0 Å². The van der Waals surface area contributed by atoms with Crippen LogP contribution in [0, 0.1) is 0 Å². The van der Waals surface area contributed by atoms with Crippen LogP contribution in [0.5, 0.6) is 0 Å². The molecule has 0 unspecified atom stereocenters. The van der Waals surface area contributed by atoms with E-state index in [2.05, 4.69) is 5.10 Å². The summed E-state index contributed by atoms with van der Waals surface area (Å²) >= 11 is 5.76. The van der Waals surface area contributed by atoms with Crippen LogP contribution >= 0.6 is 11.6 Å². The minimum absolute atomic E-state index is 0.143. The Hall–Kier alpha value is -0.750.